The number of ether oxygens (including phenoxy) is 2. The van der Waals surface area contributed by atoms with E-state index in [0.29, 0.717) is 17.9 Å². The molecule has 1 amide bonds. The molecule has 5 heteroatoms. The number of hydrogen-bond acceptors (Lipinski definition) is 4. The molecule has 0 aliphatic carbocycles. The number of rotatable bonds is 6. The van der Waals surface area contributed by atoms with E-state index in [0.717, 1.165) is 5.56 Å². The number of carbonyl (C=O) groups is 1. The highest BCUT2D eigenvalue weighted by Gasteiger charge is 2.16. The van der Waals surface area contributed by atoms with Gasteiger partial charge < -0.3 is 20.5 Å². The summed E-state index contributed by atoms with van der Waals surface area (Å²) in [6.45, 7) is 3.78. The first-order valence-corrected chi connectivity index (χ1v) is 6.31. The van der Waals surface area contributed by atoms with Crippen molar-refractivity contribution >= 4 is 5.91 Å². The maximum atomic E-state index is 11.7. The van der Waals surface area contributed by atoms with Gasteiger partial charge in [-0.15, -0.1) is 0 Å². The van der Waals surface area contributed by atoms with Gasteiger partial charge in [-0.2, -0.15) is 0 Å². The van der Waals surface area contributed by atoms with Crippen LogP contribution in [0.3, 0.4) is 0 Å². The van der Waals surface area contributed by atoms with Gasteiger partial charge in [-0.1, -0.05) is 13.0 Å². The van der Waals surface area contributed by atoms with Gasteiger partial charge in [-0.3, -0.25) is 4.79 Å². The molecule has 0 aromatic heterocycles. The number of hydrogen-bond donors (Lipinski definition) is 2. The van der Waals surface area contributed by atoms with Crippen molar-refractivity contribution in [1.29, 1.82) is 0 Å². The van der Waals surface area contributed by atoms with E-state index in [-0.39, 0.29) is 11.9 Å². The Hall–Kier alpha value is -1.75. The van der Waals surface area contributed by atoms with E-state index in [2.05, 4.69) is 5.32 Å². The molecule has 0 radical (unpaired) electrons. The number of amides is 1. The Kier molecular flexibility index (Phi) is 5.63. The van der Waals surface area contributed by atoms with Crippen LogP contribution in [0.4, 0.5) is 0 Å². The Bertz CT molecular complexity index is 435. The SMILES string of the molecule is CC[C@@H](N)C(=O)NC(C)c1ccc(OC)c(OC)c1. The summed E-state index contributed by atoms with van der Waals surface area (Å²) < 4.78 is 10.4. The molecule has 0 aliphatic heterocycles. The summed E-state index contributed by atoms with van der Waals surface area (Å²) in [4.78, 5) is 11.7. The van der Waals surface area contributed by atoms with Gasteiger partial charge in [-0.25, -0.2) is 0 Å². The van der Waals surface area contributed by atoms with Crippen LogP contribution >= 0.6 is 0 Å². The third kappa shape index (κ3) is 3.86. The molecule has 0 bridgehead atoms. The van der Waals surface area contributed by atoms with Crippen LogP contribution in [0.15, 0.2) is 18.2 Å². The van der Waals surface area contributed by atoms with Gasteiger partial charge in [0.2, 0.25) is 5.91 Å². The van der Waals surface area contributed by atoms with E-state index in [1.807, 2.05) is 32.0 Å². The van der Waals surface area contributed by atoms with Crippen molar-refractivity contribution in [1.82, 2.24) is 5.32 Å². The fourth-order valence-corrected chi connectivity index (χ4v) is 1.71. The minimum atomic E-state index is -0.470. The van der Waals surface area contributed by atoms with E-state index < -0.39 is 6.04 Å². The van der Waals surface area contributed by atoms with Crippen LogP contribution in [0.5, 0.6) is 11.5 Å². The van der Waals surface area contributed by atoms with Gasteiger partial charge in [0.25, 0.3) is 0 Å². The lowest BCUT2D eigenvalue weighted by molar-refractivity contribution is -0.123. The number of methoxy groups -OCH3 is 2. The van der Waals surface area contributed by atoms with E-state index in [1.165, 1.54) is 0 Å². The third-order valence-corrected chi connectivity index (χ3v) is 3.04. The second kappa shape index (κ2) is 6.99. The molecule has 0 saturated heterocycles. The highest BCUT2D eigenvalue weighted by molar-refractivity contribution is 5.81. The van der Waals surface area contributed by atoms with Crippen molar-refractivity contribution in [3.05, 3.63) is 23.8 Å². The van der Waals surface area contributed by atoms with E-state index >= 15 is 0 Å². The smallest absolute Gasteiger partial charge is 0.237 e. The highest BCUT2D eigenvalue weighted by Crippen LogP contribution is 2.29. The molecule has 0 spiro atoms. The number of nitrogens with one attached hydrogen (secondary N) is 1. The molecule has 2 atom stereocenters. The summed E-state index contributed by atoms with van der Waals surface area (Å²) in [7, 11) is 3.17. The zero-order valence-electron chi connectivity index (χ0n) is 11.9. The minimum absolute atomic E-state index is 0.134. The van der Waals surface area contributed by atoms with Crippen LogP contribution in [-0.2, 0) is 4.79 Å². The average molecular weight is 266 g/mol. The van der Waals surface area contributed by atoms with Crippen LogP contribution in [0, 0.1) is 0 Å². The molecular weight excluding hydrogens is 244 g/mol. The van der Waals surface area contributed by atoms with Crippen LogP contribution in [0.25, 0.3) is 0 Å². The molecule has 19 heavy (non-hydrogen) atoms. The van der Waals surface area contributed by atoms with Crippen LogP contribution < -0.4 is 20.5 Å². The first-order chi connectivity index (χ1) is 9.03. The zero-order chi connectivity index (χ0) is 14.4. The second-order valence-electron chi connectivity index (χ2n) is 4.36. The van der Waals surface area contributed by atoms with Crippen LogP contribution in [0.2, 0.25) is 0 Å². The summed E-state index contributed by atoms with van der Waals surface area (Å²) in [6.07, 6.45) is 0.616. The first kappa shape index (κ1) is 15.3. The number of carbonyl (C=O) groups excluding carboxylic acids is 1. The summed E-state index contributed by atoms with van der Waals surface area (Å²) in [5.41, 5.74) is 6.63. The van der Waals surface area contributed by atoms with E-state index in [4.69, 9.17) is 15.2 Å². The number of nitrogens with two attached hydrogens (primary N) is 1. The predicted molar refractivity (Wildman–Crippen MR) is 74.4 cm³/mol. The fraction of sp³-hybridized carbons (Fsp3) is 0.500. The van der Waals surface area contributed by atoms with Gasteiger partial charge in [-0.05, 0) is 31.0 Å². The Morgan fingerprint density at radius 3 is 2.47 bits per heavy atom. The van der Waals surface area contributed by atoms with Gasteiger partial charge in [0.1, 0.15) is 0 Å². The lowest BCUT2D eigenvalue weighted by atomic mass is 10.1. The molecule has 106 valence electrons. The monoisotopic (exact) mass is 266 g/mol. The standard InChI is InChI=1S/C14H22N2O3/c1-5-11(15)14(17)16-9(2)10-6-7-12(18-3)13(8-10)19-4/h6-9,11H,5,15H2,1-4H3,(H,16,17)/t9?,11-/m1/s1. The molecule has 0 fully saturated rings. The summed E-state index contributed by atoms with van der Waals surface area (Å²) >= 11 is 0. The Balaban J connectivity index is 2.82. The molecule has 0 heterocycles. The Morgan fingerprint density at radius 2 is 1.95 bits per heavy atom. The van der Waals surface area contributed by atoms with Gasteiger partial charge in [0.05, 0.1) is 26.3 Å². The molecule has 5 nitrogen and oxygen atoms in total. The van der Waals surface area contributed by atoms with Gasteiger partial charge >= 0.3 is 0 Å². The van der Waals surface area contributed by atoms with Crippen LogP contribution in [-0.4, -0.2) is 26.2 Å². The maximum absolute atomic E-state index is 11.7. The van der Waals surface area contributed by atoms with E-state index in [9.17, 15) is 4.79 Å². The van der Waals surface area contributed by atoms with Crippen molar-refractivity contribution in [2.24, 2.45) is 5.73 Å². The van der Waals surface area contributed by atoms with Gasteiger partial charge in [0, 0.05) is 0 Å². The number of benzene rings is 1. The lowest BCUT2D eigenvalue weighted by Crippen LogP contribution is -2.41. The van der Waals surface area contributed by atoms with Crippen molar-refractivity contribution < 1.29 is 14.3 Å². The fourth-order valence-electron chi connectivity index (χ4n) is 1.71. The van der Waals surface area contributed by atoms with Crippen molar-refractivity contribution in [2.75, 3.05) is 14.2 Å². The largest absolute Gasteiger partial charge is 0.493 e. The molecule has 0 aliphatic rings. The third-order valence-electron chi connectivity index (χ3n) is 3.04. The lowest BCUT2D eigenvalue weighted by Gasteiger charge is -2.18. The van der Waals surface area contributed by atoms with E-state index in [1.54, 1.807) is 14.2 Å². The molecule has 0 saturated carbocycles. The second-order valence-corrected chi connectivity index (χ2v) is 4.36. The summed E-state index contributed by atoms with van der Waals surface area (Å²) in [5.74, 6) is 1.15. The highest BCUT2D eigenvalue weighted by atomic mass is 16.5. The Morgan fingerprint density at radius 1 is 1.32 bits per heavy atom. The van der Waals surface area contributed by atoms with Crippen LogP contribution in [0.1, 0.15) is 31.9 Å². The van der Waals surface area contributed by atoms with Crippen molar-refractivity contribution in [2.45, 2.75) is 32.4 Å². The average Bonchev–Trinajstić information content (AvgIpc) is 2.45. The molecule has 1 aromatic carbocycles. The minimum Gasteiger partial charge on any atom is -0.493 e. The quantitative estimate of drug-likeness (QED) is 0.820. The molecule has 1 unspecified atom stereocenters. The van der Waals surface area contributed by atoms with Crippen molar-refractivity contribution in [3.8, 4) is 11.5 Å². The summed E-state index contributed by atoms with van der Waals surface area (Å²) in [6, 6.07) is 4.95. The molecule has 1 rings (SSSR count). The topological polar surface area (TPSA) is 73.6 Å². The molecular formula is C14H22N2O3. The molecule has 1 aromatic rings. The normalized spacial score (nSPS) is 13.5. The Labute approximate surface area is 114 Å². The van der Waals surface area contributed by atoms with Crippen molar-refractivity contribution in [3.63, 3.8) is 0 Å². The zero-order valence-corrected chi connectivity index (χ0v) is 11.9. The molecule has 3 N–H and O–H groups in total. The predicted octanol–water partition coefficient (Wildman–Crippen LogP) is 1.62. The summed E-state index contributed by atoms with van der Waals surface area (Å²) in [5, 5.41) is 2.88. The maximum Gasteiger partial charge on any atom is 0.237 e. The first-order valence-electron chi connectivity index (χ1n) is 6.31. The van der Waals surface area contributed by atoms with Gasteiger partial charge in [0.15, 0.2) is 11.5 Å².